The Balaban J connectivity index is 1.69. The summed E-state index contributed by atoms with van der Waals surface area (Å²) in [5.41, 5.74) is 3.00. The highest BCUT2D eigenvalue weighted by atomic mass is 32.2. The van der Waals surface area contributed by atoms with Crippen molar-refractivity contribution < 1.29 is 12.7 Å². The Kier molecular flexibility index (Phi) is 5.10. The minimum Gasteiger partial charge on any atom is -0.265 e. The second kappa shape index (κ2) is 7.41. The lowest BCUT2D eigenvalue weighted by Gasteiger charge is -2.40. The van der Waals surface area contributed by atoms with Crippen molar-refractivity contribution in [1.29, 1.82) is 0 Å². The molecule has 146 valence electrons. The summed E-state index contributed by atoms with van der Waals surface area (Å²) in [6.45, 7) is 6.15. The van der Waals surface area contributed by atoms with Gasteiger partial charge in [0.25, 0.3) is 0 Å². The number of allylic oxidation sites excluding steroid dienone is 8. The number of nitrogens with zero attached hydrogens (tertiary/aromatic N) is 1. The van der Waals surface area contributed by atoms with Crippen LogP contribution in [0.15, 0.2) is 81.3 Å². The van der Waals surface area contributed by atoms with Gasteiger partial charge in [0.1, 0.15) is 4.90 Å². The minimum absolute atomic E-state index is 0.0191. The maximum absolute atomic E-state index is 12.6. The van der Waals surface area contributed by atoms with Crippen molar-refractivity contribution in [2.24, 2.45) is 22.9 Å². The van der Waals surface area contributed by atoms with E-state index in [-0.39, 0.29) is 22.6 Å². The molecule has 28 heavy (non-hydrogen) atoms. The molecule has 1 fully saturated rings. The topological polar surface area (TPSA) is 55.7 Å². The molecule has 4 unspecified atom stereocenters. The standard InChI is InChI=1S/C22H23NO3S2/c1-14-8-11-18(12-9-14)28(24,25)26-23-22-15(2)16(3)27-20-13-10-17-6-4-5-7-19(17)21(20)22/h4-13,15-16,19,21H,1-3H3/b23-22+. The molecule has 4 atom stereocenters. The summed E-state index contributed by atoms with van der Waals surface area (Å²) in [5.74, 6) is 0.293. The van der Waals surface area contributed by atoms with E-state index in [1.54, 1.807) is 24.3 Å². The van der Waals surface area contributed by atoms with Gasteiger partial charge in [0.05, 0.1) is 5.71 Å². The maximum Gasteiger partial charge on any atom is 0.358 e. The van der Waals surface area contributed by atoms with Crippen LogP contribution >= 0.6 is 11.8 Å². The first-order valence-electron chi connectivity index (χ1n) is 9.38. The Bertz CT molecular complexity index is 1030. The third kappa shape index (κ3) is 3.51. The summed E-state index contributed by atoms with van der Waals surface area (Å²) >= 11 is 1.84. The number of hydrogen-bond acceptors (Lipinski definition) is 5. The Morgan fingerprint density at radius 1 is 1.07 bits per heavy atom. The van der Waals surface area contributed by atoms with E-state index >= 15 is 0 Å². The van der Waals surface area contributed by atoms with Crippen molar-refractivity contribution in [2.75, 3.05) is 0 Å². The van der Waals surface area contributed by atoms with Crippen LogP contribution in [0.5, 0.6) is 0 Å². The summed E-state index contributed by atoms with van der Waals surface area (Å²) in [6.07, 6.45) is 12.6. The Hall–Kier alpha value is -2.05. The van der Waals surface area contributed by atoms with Gasteiger partial charge < -0.3 is 0 Å². The van der Waals surface area contributed by atoms with Gasteiger partial charge in [-0.1, -0.05) is 73.2 Å². The van der Waals surface area contributed by atoms with Gasteiger partial charge in [0.2, 0.25) is 0 Å². The van der Waals surface area contributed by atoms with E-state index < -0.39 is 10.1 Å². The number of fused-ring (bicyclic) bond motifs is 3. The number of thioether (sulfide) groups is 1. The van der Waals surface area contributed by atoms with Gasteiger partial charge in [-0.05, 0) is 29.5 Å². The van der Waals surface area contributed by atoms with Crippen LogP contribution in [-0.2, 0) is 14.4 Å². The fourth-order valence-corrected chi connectivity index (χ4v) is 5.84. The van der Waals surface area contributed by atoms with Crippen LogP contribution in [-0.4, -0.2) is 19.4 Å². The van der Waals surface area contributed by atoms with Gasteiger partial charge in [-0.15, -0.1) is 11.8 Å². The Morgan fingerprint density at radius 2 is 1.82 bits per heavy atom. The number of hydrogen-bond donors (Lipinski definition) is 0. The molecular formula is C22H23NO3S2. The number of aryl methyl sites for hydroxylation is 1. The largest absolute Gasteiger partial charge is 0.358 e. The fourth-order valence-electron chi connectivity index (χ4n) is 3.76. The summed E-state index contributed by atoms with van der Waals surface area (Å²) < 4.78 is 30.5. The second-order valence-corrected chi connectivity index (χ2v) is 10.4. The molecule has 0 saturated carbocycles. The molecule has 4 rings (SSSR count). The number of benzene rings is 1. The van der Waals surface area contributed by atoms with Crippen LogP contribution in [0.25, 0.3) is 0 Å². The zero-order chi connectivity index (χ0) is 19.9. The van der Waals surface area contributed by atoms with E-state index in [1.807, 2.05) is 30.8 Å². The monoisotopic (exact) mass is 413 g/mol. The van der Waals surface area contributed by atoms with Crippen molar-refractivity contribution in [1.82, 2.24) is 0 Å². The van der Waals surface area contributed by atoms with Crippen molar-refractivity contribution >= 4 is 27.6 Å². The summed E-state index contributed by atoms with van der Waals surface area (Å²) in [4.78, 5) is 1.34. The Labute approximate surface area is 170 Å². The maximum atomic E-state index is 12.6. The zero-order valence-corrected chi connectivity index (χ0v) is 17.7. The molecule has 1 aromatic carbocycles. The lowest BCUT2D eigenvalue weighted by atomic mass is 9.74. The van der Waals surface area contributed by atoms with Crippen molar-refractivity contribution in [3.8, 4) is 0 Å². The van der Waals surface area contributed by atoms with Gasteiger partial charge in [-0.25, -0.2) is 0 Å². The van der Waals surface area contributed by atoms with Crippen LogP contribution < -0.4 is 0 Å². The van der Waals surface area contributed by atoms with E-state index in [9.17, 15) is 8.42 Å². The summed E-state index contributed by atoms with van der Waals surface area (Å²) in [7, 11) is -3.94. The predicted molar refractivity (Wildman–Crippen MR) is 115 cm³/mol. The normalized spacial score (nSPS) is 30.3. The number of oxime groups is 1. The van der Waals surface area contributed by atoms with E-state index in [4.69, 9.17) is 4.28 Å². The SMILES string of the molecule is Cc1ccc(S(=O)(=O)O/N=C2\C(C)C(C)SC3=CC=C4C=CC=CC4C32)cc1. The first kappa shape index (κ1) is 19.3. The molecule has 0 spiro atoms. The first-order valence-corrected chi connectivity index (χ1v) is 11.7. The first-order chi connectivity index (χ1) is 13.4. The van der Waals surface area contributed by atoms with Gasteiger partial charge in [0.15, 0.2) is 0 Å². The fraction of sp³-hybridized carbons (Fsp3) is 0.318. The molecule has 4 nitrogen and oxygen atoms in total. The molecule has 0 aromatic heterocycles. The van der Waals surface area contributed by atoms with Gasteiger partial charge in [0, 0.05) is 23.0 Å². The van der Waals surface area contributed by atoms with Crippen molar-refractivity contribution in [3.63, 3.8) is 0 Å². The van der Waals surface area contributed by atoms with E-state index in [1.165, 1.54) is 10.5 Å². The predicted octanol–water partition coefficient (Wildman–Crippen LogP) is 5.01. The molecule has 0 bridgehead atoms. The molecular weight excluding hydrogens is 390 g/mol. The number of rotatable bonds is 3. The molecule has 3 aliphatic rings. The third-order valence-corrected chi connectivity index (χ3v) is 8.13. The lowest BCUT2D eigenvalue weighted by molar-refractivity contribution is 0.330. The average Bonchev–Trinajstić information content (AvgIpc) is 2.68. The van der Waals surface area contributed by atoms with E-state index in [2.05, 4.69) is 43.3 Å². The molecule has 0 amide bonds. The average molecular weight is 414 g/mol. The van der Waals surface area contributed by atoms with E-state index in [0.29, 0.717) is 5.25 Å². The summed E-state index contributed by atoms with van der Waals surface area (Å²) in [6, 6.07) is 6.61. The minimum atomic E-state index is -3.94. The van der Waals surface area contributed by atoms with Crippen molar-refractivity contribution in [2.45, 2.75) is 30.9 Å². The summed E-state index contributed by atoms with van der Waals surface area (Å²) in [5, 5.41) is 4.55. The molecule has 2 aliphatic carbocycles. The molecule has 0 radical (unpaired) electrons. The van der Waals surface area contributed by atoms with Gasteiger partial charge in [-0.3, -0.25) is 4.28 Å². The highest BCUT2D eigenvalue weighted by molar-refractivity contribution is 8.03. The molecule has 1 saturated heterocycles. The lowest BCUT2D eigenvalue weighted by Crippen LogP contribution is -2.39. The second-order valence-electron chi connectivity index (χ2n) is 7.45. The van der Waals surface area contributed by atoms with Crippen LogP contribution in [0.1, 0.15) is 19.4 Å². The quantitative estimate of drug-likeness (QED) is 0.654. The molecule has 1 aromatic rings. The van der Waals surface area contributed by atoms with Crippen LogP contribution in [0.2, 0.25) is 0 Å². The molecule has 0 N–H and O–H groups in total. The molecule has 1 heterocycles. The smallest absolute Gasteiger partial charge is 0.265 e. The van der Waals surface area contributed by atoms with Crippen LogP contribution in [0.4, 0.5) is 0 Å². The van der Waals surface area contributed by atoms with Crippen molar-refractivity contribution in [3.05, 3.63) is 76.8 Å². The van der Waals surface area contributed by atoms with Gasteiger partial charge >= 0.3 is 10.1 Å². The van der Waals surface area contributed by atoms with Gasteiger partial charge in [-0.2, -0.15) is 8.42 Å². The van der Waals surface area contributed by atoms with Crippen LogP contribution in [0, 0.1) is 24.7 Å². The highest BCUT2D eigenvalue weighted by Crippen LogP contribution is 2.48. The third-order valence-electron chi connectivity index (χ3n) is 5.57. The van der Waals surface area contributed by atoms with Crippen LogP contribution in [0.3, 0.4) is 0 Å². The molecule has 6 heteroatoms. The highest BCUT2D eigenvalue weighted by Gasteiger charge is 2.42. The molecule has 1 aliphatic heterocycles. The van der Waals surface area contributed by atoms with E-state index in [0.717, 1.165) is 11.3 Å². The Morgan fingerprint density at radius 3 is 2.57 bits per heavy atom. The zero-order valence-electron chi connectivity index (χ0n) is 16.1.